The Balaban J connectivity index is 2.59. The molecule has 6 heteroatoms. The van der Waals surface area contributed by atoms with E-state index in [1.165, 1.54) is 0 Å². The predicted molar refractivity (Wildman–Crippen MR) is 108 cm³/mol. The zero-order chi connectivity index (χ0) is 19.5. The highest BCUT2D eigenvalue weighted by molar-refractivity contribution is 6.32. The molecule has 0 bridgehead atoms. The average molecular weight is 393 g/mol. The molecule has 0 aromatic heterocycles. The number of carboxylic acid groups (broad SMARTS) is 1. The first-order valence-electron chi connectivity index (χ1n) is 8.24. The molecule has 4 nitrogen and oxygen atoms in total. The third-order valence-electron chi connectivity index (χ3n) is 4.55. The third-order valence-corrected chi connectivity index (χ3v) is 5.09. The maximum absolute atomic E-state index is 12.2. The van der Waals surface area contributed by atoms with Crippen LogP contribution in [-0.4, -0.2) is 35.9 Å². The Morgan fingerprint density at radius 3 is 2.58 bits per heavy atom. The fourth-order valence-electron chi connectivity index (χ4n) is 2.63. The zero-order valence-corrected chi connectivity index (χ0v) is 16.8. The van der Waals surface area contributed by atoms with Gasteiger partial charge in [-0.2, -0.15) is 0 Å². The fourth-order valence-corrected chi connectivity index (χ4v) is 3.17. The van der Waals surface area contributed by atoms with Crippen molar-refractivity contribution in [2.75, 3.05) is 13.6 Å². The second-order valence-corrected chi connectivity index (χ2v) is 7.22. The number of aliphatic imine (C=N–C) groups is 1. The number of hydrogen-bond donors (Lipinski definition) is 1. The van der Waals surface area contributed by atoms with Crippen molar-refractivity contribution in [1.29, 1.82) is 0 Å². The lowest BCUT2D eigenvalue weighted by Crippen LogP contribution is -2.34. The molecular weight excluding hydrogens is 371 g/mol. The van der Waals surface area contributed by atoms with Crippen LogP contribution in [0, 0.1) is 6.92 Å². The van der Waals surface area contributed by atoms with Crippen molar-refractivity contribution >= 4 is 41.2 Å². The average Bonchev–Trinajstić information content (AvgIpc) is 2.60. The van der Waals surface area contributed by atoms with Crippen LogP contribution < -0.4 is 0 Å². The second kappa shape index (κ2) is 8.11. The molecule has 1 atom stereocenters. The number of hydrogen-bond acceptors (Lipinski definition) is 2. The van der Waals surface area contributed by atoms with Gasteiger partial charge in [0.15, 0.2) is 0 Å². The SMILES string of the molecule is CCN(C)C=Nc1cc(Cl)c(C(C)(C(=O)O)c2cccc(Cl)c2)cc1C. The quantitative estimate of drug-likeness (QED) is 0.535. The van der Waals surface area contributed by atoms with Crippen molar-refractivity contribution < 1.29 is 9.90 Å². The summed E-state index contributed by atoms with van der Waals surface area (Å²) in [6, 6.07) is 10.3. The van der Waals surface area contributed by atoms with E-state index in [0.717, 1.165) is 12.1 Å². The molecule has 26 heavy (non-hydrogen) atoms. The lowest BCUT2D eigenvalue weighted by molar-refractivity contribution is -0.141. The van der Waals surface area contributed by atoms with Crippen LogP contribution in [0.15, 0.2) is 41.4 Å². The molecule has 0 amide bonds. The standard InChI is InChI=1S/C20H22Cl2N2O2/c1-5-24(4)12-23-18-11-17(22)16(9-13(18)2)20(3,19(25)26)14-7-6-8-15(21)10-14/h6-12H,5H2,1-4H3,(H,25,26). The summed E-state index contributed by atoms with van der Waals surface area (Å²) >= 11 is 12.6. The van der Waals surface area contributed by atoms with Crippen LogP contribution in [0.3, 0.4) is 0 Å². The van der Waals surface area contributed by atoms with Crippen LogP contribution in [0.5, 0.6) is 0 Å². The van der Waals surface area contributed by atoms with Crippen molar-refractivity contribution in [2.45, 2.75) is 26.2 Å². The Morgan fingerprint density at radius 2 is 2.00 bits per heavy atom. The summed E-state index contributed by atoms with van der Waals surface area (Å²) in [4.78, 5) is 18.6. The van der Waals surface area contributed by atoms with E-state index < -0.39 is 11.4 Å². The Kier molecular flexibility index (Phi) is 6.32. The van der Waals surface area contributed by atoms with Gasteiger partial charge in [0, 0.05) is 23.6 Å². The first-order chi connectivity index (χ1) is 12.2. The van der Waals surface area contributed by atoms with E-state index >= 15 is 0 Å². The van der Waals surface area contributed by atoms with Crippen LogP contribution in [-0.2, 0) is 10.2 Å². The number of nitrogens with zero attached hydrogens (tertiary/aromatic N) is 2. The Labute approximate surface area is 164 Å². The number of halogens is 2. The van der Waals surface area contributed by atoms with Crippen molar-refractivity contribution in [3.8, 4) is 0 Å². The van der Waals surface area contributed by atoms with Gasteiger partial charge in [0.2, 0.25) is 0 Å². The summed E-state index contributed by atoms with van der Waals surface area (Å²) in [5, 5.41) is 10.8. The largest absolute Gasteiger partial charge is 0.480 e. The molecule has 0 aliphatic rings. The molecule has 0 heterocycles. The molecule has 0 aliphatic carbocycles. The Morgan fingerprint density at radius 1 is 1.31 bits per heavy atom. The minimum atomic E-state index is -1.32. The summed E-state index contributed by atoms with van der Waals surface area (Å²) in [7, 11) is 1.93. The van der Waals surface area contributed by atoms with E-state index in [-0.39, 0.29) is 0 Å². The minimum Gasteiger partial charge on any atom is -0.480 e. The number of carbonyl (C=O) groups is 1. The molecular formula is C20H22Cl2N2O2. The first kappa shape index (κ1) is 20.3. The molecule has 1 unspecified atom stereocenters. The molecule has 2 aromatic rings. The smallest absolute Gasteiger partial charge is 0.318 e. The van der Waals surface area contributed by atoms with Gasteiger partial charge in [0.05, 0.1) is 12.0 Å². The molecule has 2 aromatic carbocycles. The highest BCUT2D eigenvalue weighted by Gasteiger charge is 2.39. The maximum atomic E-state index is 12.2. The van der Waals surface area contributed by atoms with E-state index in [1.807, 2.05) is 25.8 Å². The summed E-state index contributed by atoms with van der Waals surface area (Å²) in [5.41, 5.74) is 1.31. The maximum Gasteiger partial charge on any atom is 0.318 e. The Bertz CT molecular complexity index is 852. The van der Waals surface area contributed by atoms with Gasteiger partial charge in [-0.3, -0.25) is 4.79 Å². The lowest BCUT2D eigenvalue weighted by atomic mass is 9.75. The van der Waals surface area contributed by atoms with E-state index in [1.54, 1.807) is 49.7 Å². The van der Waals surface area contributed by atoms with Gasteiger partial charge in [0.1, 0.15) is 5.41 Å². The van der Waals surface area contributed by atoms with Crippen LogP contribution in [0.2, 0.25) is 10.0 Å². The van der Waals surface area contributed by atoms with Crippen LogP contribution >= 0.6 is 23.2 Å². The van der Waals surface area contributed by atoms with Crippen molar-refractivity contribution in [3.05, 3.63) is 63.1 Å². The first-order valence-corrected chi connectivity index (χ1v) is 9.00. The van der Waals surface area contributed by atoms with Gasteiger partial charge in [0.25, 0.3) is 0 Å². The van der Waals surface area contributed by atoms with E-state index in [4.69, 9.17) is 23.2 Å². The molecule has 0 fully saturated rings. The Hall–Kier alpha value is -2.04. The van der Waals surface area contributed by atoms with Gasteiger partial charge in [-0.05, 0) is 55.7 Å². The van der Waals surface area contributed by atoms with Gasteiger partial charge < -0.3 is 10.0 Å². The van der Waals surface area contributed by atoms with Crippen LogP contribution in [0.4, 0.5) is 5.69 Å². The summed E-state index contributed by atoms with van der Waals surface area (Å²) in [6.45, 7) is 6.38. The number of carboxylic acids is 1. The minimum absolute atomic E-state index is 0.353. The summed E-state index contributed by atoms with van der Waals surface area (Å²) in [6.07, 6.45) is 1.73. The molecule has 138 valence electrons. The molecule has 0 aliphatic heterocycles. The number of benzene rings is 2. The monoisotopic (exact) mass is 392 g/mol. The molecule has 1 N–H and O–H groups in total. The van der Waals surface area contributed by atoms with Crippen molar-refractivity contribution in [2.24, 2.45) is 4.99 Å². The normalized spacial score (nSPS) is 13.6. The van der Waals surface area contributed by atoms with E-state index in [2.05, 4.69) is 4.99 Å². The second-order valence-electron chi connectivity index (χ2n) is 6.38. The highest BCUT2D eigenvalue weighted by Crippen LogP contribution is 2.40. The van der Waals surface area contributed by atoms with E-state index in [9.17, 15) is 9.90 Å². The lowest BCUT2D eigenvalue weighted by Gasteiger charge is -2.28. The van der Waals surface area contributed by atoms with Crippen molar-refractivity contribution in [3.63, 3.8) is 0 Å². The number of aliphatic carboxylic acids is 1. The zero-order valence-electron chi connectivity index (χ0n) is 15.3. The fraction of sp³-hybridized carbons (Fsp3) is 0.300. The van der Waals surface area contributed by atoms with Gasteiger partial charge in [-0.1, -0.05) is 41.4 Å². The van der Waals surface area contributed by atoms with Gasteiger partial charge in [-0.25, -0.2) is 4.99 Å². The predicted octanol–water partition coefficient (Wildman–Crippen LogP) is 5.30. The summed E-state index contributed by atoms with van der Waals surface area (Å²) < 4.78 is 0. The van der Waals surface area contributed by atoms with Crippen LogP contribution in [0.1, 0.15) is 30.5 Å². The number of rotatable bonds is 6. The van der Waals surface area contributed by atoms with Gasteiger partial charge in [-0.15, -0.1) is 0 Å². The van der Waals surface area contributed by atoms with Crippen LogP contribution in [0.25, 0.3) is 0 Å². The number of aryl methyl sites for hydroxylation is 1. The molecule has 0 saturated carbocycles. The third kappa shape index (κ3) is 4.02. The van der Waals surface area contributed by atoms with Crippen molar-refractivity contribution in [1.82, 2.24) is 4.90 Å². The van der Waals surface area contributed by atoms with E-state index in [0.29, 0.717) is 26.9 Å². The highest BCUT2D eigenvalue weighted by atomic mass is 35.5. The molecule has 0 spiro atoms. The topological polar surface area (TPSA) is 52.9 Å². The molecule has 0 radical (unpaired) electrons. The molecule has 2 rings (SSSR count). The molecule has 0 saturated heterocycles. The van der Waals surface area contributed by atoms with Gasteiger partial charge >= 0.3 is 5.97 Å². The summed E-state index contributed by atoms with van der Waals surface area (Å²) in [5.74, 6) is -0.997.